The number of carbonyl (C=O) groups excluding carboxylic acids is 1. The monoisotopic (exact) mass is 331 g/mol. The van der Waals surface area contributed by atoms with Crippen molar-refractivity contribution in [3.05, 3.63) is 66.2 Å². The third-order valence-electron chi connectivity index (χ3n) is 3.03. The highest BCUT2D eigenvalue weighted by Gasteiger charge is 2.25. The maximum Gasteiger partial charge on any atom is 0.323 e. The fourth-order valence-electron chi connectivity index (χ4n) is 1.97. The summed E-state index contributed by atoms with van der Waals surface area (Å²) in [6.45, 7) is 1.77. The summed E-state index contributed by atoms with van der Waals surface area (Å²) in [5.41, 5.74) is 0.897. The highest BCUT2D eigenvalue weighted by molar-refractivity contribution is 7.82. The molecule has 23 heavy (non-hydrogen) atoms. The number of esters is 1. The second kappa shape index (κ2) is 8.00. The summed E-state index contributed by atoms with van der Waals surface area (Å²) in [6, 6.07) is 17.5. The standard InChI is InChI=1S/C16H19BNO4P/c1-13(16(19)21-12-14-8-4-2-5-9-14)18-23(17,20)22-15-10-6-3-7-11-15/h2-11,13H,12,17H2,1H3,(H,18,20)/t13-,23?/m0/s1. The van der Waals surface area contributed by atoms with E-state index in [2.05, 4.69) is 5.09 Å². The van der Waals surface area contributed by atoms with E-state index in [1.165, 1.54) is 7.57 Å². The number of hydrogen-bond donors (Lipinski definition) is 1. The first kappa shape index (κ1) is 17.3. The van der Waals surface area contributed by atoms with Crippen LogP contribution in [-0.2, 0) is 20.7 Å². The van der Waals surface area contributed by atoms with E-state index >= 15 is 0 Å². The molecule has 0 aromatic heterocycles. The summed E-state index contributed by atoms with van der Waals surface area (Å²) in [5.74, 6) is 0.00303. The quantitative estimate of drug-likeness (QED) is 0.480. The fraction of sp³-hybridized carbons (Fsp3) is 0.188. The normalized spacial score (nSPS) is 14.5. The molecule has 1 N–H and O–H groups in total. The van der Waals surface area contributed by atoms with Gasteiger partial charge in [-0.25, -0.2) is 5.09 Å². The first-order valence-corrected chi connectivity index (χ1v) is 9.34. The van der Waals surface area contributed by atoms with Gasteiger partial charge in [0.25, 0.3) is 15.0 Å². The van der Waals surface area contributed by atoms with E-state index in [0.717, 1.165) is 5.56 Å². The second-order valence-corrected chi connectivity index (χ2v) is 7.33. The third-order valence-corrected chi connectivity index (χ3v) is 4.44. The maximum atomic E-state index is 12.4. The van der Waals surface area contributed by atoms with Gasteiger partial charge in [0.15, 0.2) is 0 Å². The van der Waals surface area contributed by atoms with Crippen LogP contribution in [0.3, 0.4) is 0 Å². The molecule has 0 saturated carbocycles. The second-order valence-electron chi connectivity index (χ2n) is 5.19. The molecule has 0 amide bonds. The molecule has 0 aliphatic rings. The lowest BCUT2D eigenvalue weighted by atomic mass is 10.2. The van der Waals surface area contributed by atoms with Crippen LogP contribution in [0.5, 0.6) is 5.75 Å². The number of carbonyl (C=O) groups is 1. The van der Waals surface area contributed by atoms with Gasteiger partial charge in [-0.15, -0.1) is 0 Å². The lowest BCUT2D eigenvalue weighted by molar-refractivity contribution is -0.146. The van der Waals surface area contributed by atoms with E-state index in [1.54, 1.807) is 31.2 Å². The van der Waals surface area contributed by atoms with Gasteiger partial charge in [-0.3, -0.25) is 9.36 Å². The van der Waals surface area contributed by atoms with E-state index < -0.39 is 19.4 Å². The molecule has 0 fully saturated rings. The van der Waals surface area contributed by atoms with Gasteiger partial charge >= 0.3 is 5.97 Å². The topological polar surface area (TPSA) is 64.6 Å². The molecule has 0 radical (unpaired) electrons. The zero-order valence-corrected chi connectivity index (χ0v) is 14.0. The zero-order valence-electron chi connectivity index (χ0n) is 13.1. The van der Waals surface area contributed by atoms with Crippen LogP contribution in [0, 0.1) is 0 Å². The molecular formula is C16H19BNO4P. The van der Waals surface area contributed by atoms with E-state index in [9.17, 15) is 9.36 Å². The molecule has 0 heterocycles. The molecule has 1 unspecified atom stereocenters. The minimum Gasteiger partial charge on any atom is -0.460 e. The van der Waals surface area contributed by atoms with Gasteiger partial charge in [-0.2, -0.15) is 0 Å². The number of ether oxygens (including phenoxy) is 1. The van der Waals surface area contributed by atoms with Gasteiger partial charge in [0.2, 0.25) is 0 Å². The first-order valence-electron chi connectivity index (χ1n) is 7.27. The van der Waals surface area contributed by atoms with Gasteiger partial charge in [0.1, 0.15) is 18.4 Å². The highest BCUT2D eigenvalue weighted by Crippen LogP contribution is 2.38. The van der Waals surface area contributed by atoms with Crippen molar-refractivity contribution in [2.45, 2.75) is 19.6 Å². The molecule has 0 aliphatic carbocycles. The Hall–Kier alpha value is -2.04. The summed E-state index contributed by atoms with van der Waals surface area (Å²) in [4.78, 5) is 12.0. The molecule has 2 aromatic carbocycles. The average molecular weight is 331 g/mol. The predicted octanol–water partition coefficient (Wildman–Crippen LogP) is 2.53. The van der Waals surface area contributed by atoms with Gasteiger partial charge in [0.05, 0.1) is 0 Å². The Balaban J connectivity index is 1.86. The van der Waals surface area contributed by atoms with E-state index in [4.69, 9.17) is 9.26 Å². The molecule has 0 bridgehead atoms. The summed E-state index contributed by atoms with van der Waals surface area (Å²) in [7, 11) is -1.74. The van der Waals surface area contributed by atoms with E-state index in [0.29, 0.717) is 5.75 Å². The minimum atomic E-state index is -3.17. The molecule has 0 spiro atoms. The lowest BCUT2D eigenvalue weighted by Crippen LogP contribution is -2.34. The Morgan fingerprint density at radius 3 is 2.30 bits per heavy atom. The maximum absolute atomic E-state index is 12.4. The molecule has 0 aliphatic heterocycles. The van der Waals surface area contributed by atoms with Crippen LogP contribution in [-0.4, -0.2) is 19.6 Å². The van der Waals surface area contributed by atoms with Crippen molar-refractivity contribution in [1.82, 2.24) is 5.09 Å². The molecule has 7 heteroatoms. The predicted molar refractivity (Wildman–Crippen MR) is 92.1 cm³/mol. The highest BCUT2D eigenvalue weighted by atomic mass is 31.2. The SMILES string of the molecule is BP(=O)(N[C@@H](C)C(=O)OCc1ccccc1)Oc1ccccc1. The van der Waals surface area contributed by atoms with Crippen molar-refractivity contribution in [3.8, 4) is 5.75 Å². The van der Waals surface area contributed by atoms with Gasteiger partial charge in [0, 0.05) is 0 Å². The van der Waals surface area contributed by atoms with Crippen LogP contribution in [0.2, 0.25) is 0 Å². The van der Waals surface area contributed by atoms with Crippen LogP contribution in [0.15, 0.2) is 60.7 Å². The Labute approximate surface area is 136 Å². The largest absolute Gasteiger partial charge is 0.460 e. The molecule has 120 valence electrons. The van der Waals surface area contributed by atoms with Gasteiger partial charge in [-0.1, -0.05) is 48.5 Å². The summed E-state index contributed by atoms with van der Waals surface area (Å²) in [6.07, 6.45) is 0. The number of nitrogens with one attached hydrogen (secondary N) is 1. The summed E-state index contributed by atoms with van der Waals surface area (Å²) >= 11 is 0. The molecule has 5 nitrogen and oxygen atoms in total. The summed E-state index contributed by atoms with van der Waals surface area (Å²) in [5, 5.41) is 2.70. The van der Waals surface area contributed by atoms with E-state index in [1.807, 2.05) is 36.4 Å². The van der Waals surface area contributed by atoms with Crippen LogP contribution >= 0.6 is 7.40 Å². The number of benzene rings is 2. The van der Waals surface area contributed by atoms with Gasteiger partial charge in [-0.05, 0) is 24.6 Å². The Bertz CT molecular complexity index is 681. The lowest BCUT2D eigenvalue weighted by Gasteiger charge is -2.21. The molecule has 0 saturated heterocycles. The molecule has 2 rings (SSSR count). The first-order chi connectivity index (χ1) is 11.0. The molecule has 2 atom stereocenters. The number of para-hydroxylation sites is 1. The van der Waals surface area contributed by atoms with Crippen molar-refractivity contribution in [2.75, 3.05) is 0 Å². The molecular weight excluding hydrogens is 312 g/mol. The van der Waals surface area contributed by atoms with Crippen molar-refractivity contribution in [1.29, 1.82) is 0 Å². The van der Waals surface area contributed by atoms with Crippen LogP contribution in [0.4, 0.5) is 0 Å². The minimum absolute atomic E-state index is 0.180. The molecule has 2 aromatic rings. The Kier molecular flexibility index (Phi) is 6.02. The van der Waals surface area contributed by atoms with Crippen molar-refractivity contribution >= 4 is 20.9 Å². The Morgan fingerprint density at radius 1 is 1.13 bits per heavy atom. The zero-order chi connectivity index (χ0) is 16.7. The van der Waals surface area contributed by atoms with Crippen LogP contribution < -0.4 is 9.61 Å². The van der Waals surface area contributed by atoms with E-state index in [-0.39, 0.29) is 6.61 Å². The third kappa shape index (κ3) is 5.93. The number of rotatable bonds is 7. The van der Waals surface area contributed by atoms with Crippen LogP contribution in [0.1, 0.15) is 12.5 Å². The van der Waals surface area contributed by atoms with Crippen LogP contribution in [0.25, 0.3) is 0 Å². The smallest absolute Gasteiger partial charge is 0.323 e. The fourth-order valence-corrected chi connectivity index (χ4v) is 3.35. The van der Waals surface area contributed by atoms with Crippen molar-refractivity contribution in [3.63, 3.8) is 0 Å². The Morgan fingerprint density at radius 2 is 1.70 bits per heavy atom. The number of hydrogen-bond acceptors (Lipinski definition) is 4. The van der Waals surface area contributed by atoms with Crippen molar-refractivity contribution in [2.24, 2.45) is 0 Å². The average Bonchev–Trinajstić information content (AvgIpc) is 2.53. The summed E-state index contributed by atoms with van der Waals surface area (Å²) < 4.78 is 23.1. The van der Waals surface area contributed by atoms with Crippen molar-refractivity contribution < 1.29 is 18.6 Å². The van der Waals surface area contributed by atoms with Gasteiger partial charge < -0.3 is 9.26 Å².